The summed E-state index contributed by atoms with van der Waals surface area (Å²) in [7, 11) is 0. The fraction of sp³-hybridized carbons (Fsp3) is 0.500. The number of hydrogen-bond acceptors (Lipinski definition) is 3. The molecule has 3 N–H and O–H groups in total. The van der Waals surface area contributed by atoms with E-state index in [4.69, 9.17) is 0 Å². The summed E-state index contributed by atoms with van der Waals surface area (Å²) < 4.78 is 0. The molecule has 2 atom stereocenters. The van der Waals surface area contributed by atoms with Gasteiger partial charge < -0.3 is 10.6 Å². The molecule has 1 fully saturated rings. The molecule has 2 aliphatic rings. The lowest BCUT2D eigenvalue weighted by molar-refractivity contribution is -0.123. The molecule has 0 spiro atoms. The highest BCUT2D eigenvalue weighted by Gasteiger charge is 2.29. The molecular formula is C16H21N3O2. The molecule has 0 aromatic heterocycles. The summed E-state index contributed by atoms with van der Waals surface area (Å²) in [5, 5.41) is 9.05. The monoisotopic (exact) mass is 287 g/mol. The SMILES string of the molecule is CC(NC1CCc2ccccc2NC1=O)C(=O)NC1CC1. The molecule has 5 nitrogen and oxygen atoms in total. The summed E-state index contributed by atoms with van der Waals surface area (Å²) in [4.78, 5) is 24.2. The number of aryl methyl sites for hydroxylation is 1. The van der Waals surface area contributed by atoms with Crippen molar-refractivity contribution < 1.29 is 9.59 Å². The standard InChI is InChI=1S/C16H21N3O2/c1-10(15(20)18-12-7-8-12)17-14-9-6-11-4-2-3-5-13(11)19-16(14)21/h2-5,10,12,14,17H,6-9H2,1H3,(H,18,20)(H,19,21). The summed E-state index contributed by atoms with van der Waals surface area (Å²) in [6, 6.07) is 7.48. The van der Waals surface area contributed by atoms with Gasteiger partial charge in [0.25, 0.3) is 0 Å². The van der Waals surface area contributed by atoms with Crippen LogP contribution in [0.1, 0.15) is 31.7 Å². The zero-order valence-electron chi connectivity index (χ0n) is 12.2. The van der Waals surface area contributed by atoms with E-state index in [0.29, 0.717) is 12.5 Å². The average molecular weight is 287 g/mol. The minimum absolute atomic E-state index is 0.0212. The quantitative estimate of drug-likeness (QED) is 0.779. The molecule has 1 aromatic carbocycles. The zero-order chi connectivity index (χ0) is 14.8. The van der Waals surface area contributed by atoms with Crippen LogP contribution in [0, 0.1) is 0 Å². The fourth-order valence-corrected chi connectivity index (χ4v) is 2.60. The molecule has 21 heavy (non-hydrogen) atoms. The second kappa shape index (κ2) is 5.85. The number of amides is 2. The van der Waals surface area contributed by atoms with E-state index in [1.54, 1.807) is 0 Å². The van der Waals surface area contributed by atoms with Crippen molar-refractivity contribution in [1.29, 1.82) is 0 Å². The molecule has 3 rings (SSSR count). The third-order valence-electron chi connectivity index (χ3n) is 4.06. The Morgan fingerprint density at radius 1 is 1.29 bits per heavy atom. The van der Waals surface area contributed by atoms with E-state index < -0.39 is 0 Å². The number of fused-ring (bicyclic) bond motifs is 1. The number of carbonyl (C=O) groups excluding carboxylic acids is 2. The van der Waals surface area contributed by atoms with E-state index in [0.717, 1.165) is 30.5 Å². The summed E-state index contributed by atoms with van der Waals surface area (Å²) >= 11 is 0. The van der Waals surface area contributed by atoms with Gasteiger partial charge in [-0.05, 0) is 44.2 Å². The second-order valence-corrected chi connectivity index (χ2v) is 5.91. The van der Waals surface area contributed by atoms with Crippen LogP contribution in [0.5, 0.6) is 0 Å². The van der Waals surface area contributed by atoms with Crippen LogP contribution in [-0.2, 0) is 16.0 Å². The van der Waals surface area contributed by atoms with Crippen LogP contribution in [0.4, 0.5) is 5.69 Å². The molecule has 0 bridgehead atoms. The minimum Gasteiger partial charge on any atom is -0.352 e. The van der Waals surface area contributed by atoms with Crippen LogP contribution in [-0.4, -0.2) is 29.9 Å². The minimum atomic E-state index is -0.359. The molecule has 0 radical (unpaired) electrons. The number of anilines is 1. The lowest BCUT2D eigenvalue weighted by atomic mass is 10.1. The Kier molecular flexibility index (Phi) is 3.92. The Hall–Kier alpha value is -1.88. The Balaban J connectivity index is 1.61. The van der Waals surface area contributed by atoms with Crippen molar-refractivity contribution >= 4 is 17.5 Å². The Morgan fingerprint density at radius 2 is 2.05 bits per heavy atom. The molecule has 1 saturated carbocycles. The maximum absolute atomic E-state index is 12.3. The first-order valence-corrected chi connectivity index (χ1v) is 7.58. The normalized spacial score (nSPS) is 22.7. The number of carbonyl (C=O) groups is 2. The van der Waals surface area contributed by atoms with Gasteiger partial charge >= 0.3 is 0 Å². The third kappa shape index (κ3) is 3.42. The Morgan fingerprint density at radius 3 is 2.81 bits per heavy atom. The summed E-state index contributed by atoms with van der Waals surface area (Å²) in [5.74, 6) is -0.0851. The van der Waals surface area contributed by atoms with Crippen molar-refractivity contribution in [2.24, 2.45) is 0 Å². The van der Waals surface area contributed by atoms with Crippen LogP contribution in [0.25, 0.3) is 0 Å². The van der Waals surface area contributed by atoms with Gasteiger partial charge in [-0.3, -0.25) is 14.9 Å². The first-order chi connectivity index (χ1) is 10.1. The molecule has 0 saturated heterocycles. The molecule has 1 aliphatic carbocycles. The highest BCUT2D eigenvalue weighted by atomic mass is 16.2. The van der Waals surface area contributed by atoms with Gasteiger partial charge in [-0.1, -0.05) is 18.2 Å². The van der Waals surface area contributed by atoms with Gasteiger partial charge in [0.2, 0.25) is 11.8 Å². The highest BCUT2D eigenvalue weighted by Crippen LogP contribution is 2.22. The molecule has 1 aliphatic heterocycles. The predicted molar refractivity (Wildman–Crippen MR) is 80.9 cm³/mol. The number of hydrogen-bond donors (Lipinski definition) is 3. The van der Waals surface area contributed by atoms with Gasteiger partial charge in [-0.2, -0.15) is 0 Å². The van der Waals surface area contributed by atoms with E-state index in [2.05, 4.69) is 16.0 Å². The maximum Gasteiger partial charge on any atom is 0.241 e. The molecule has 5 heteroatoms. The van der Waals surface area contributed by atoms with Gasteiger partial charge in [0.15, 0.2) is 0 Å². The van der Waals surface area contributed by atoms with Crippen LogP contribution in [0.2, 0.25) is 0 Å². The molecule has 112 valence electrons. The van der Waals surface area contributed by atoms with Gasteiger partial charge in [0.1, 0.15) is 0 Å². The molecule has 2 amide bonds. The topological polar surface area (TPSA) is 70.2 Å². The molecule has 1 heterocycles. The fourth-order valence-electron chi connectivity index (χ4n) is 2.60. The van der Waals surface area contributed by atoms with Crippen LogP contribution >= 0.6 is 0 Å². The van der Waals surface area contributed by atoms with Crippen molar-refractivity contribution in [2.75, 3.05) is 5.32 Å². The van der Waals surface area contributed by atoms with E-state index in [1.807, 2.05) is 31.2 Å². The van der Waals surface area contributed by atoms with Crippen LogP contribution in [0.3, 0.4) is 0 Å². The van der Waals surface area contributed by atoms with E-state index in [-0.39, 0.29) is 23.9 Å². The van der Waals surface area contributed by atoms with Gasteiger partial charge in [0.05, 0.1) is 12.1 Å². The predicted octanol–water partition coefficient (Wildman–Crippen LogP) is 1.20. The lowest BCUT2D eigenvalue weighted by Crippen LogP contribution is -2.50. The summed E-state index contributed by atoms with van der Waals surface area (Å²) in [6.07, 6.45) is 3.66. The maximum atomic E-state index is 12.3. The van der Waals surface area contributed by atoms with Crippen molar-refractivity contribution in [2.45, 2.75) is 50.7 Å². The lowest BCUT2D eigenvalue weighted by Gasteiger charge is -2.20. The number of rotatable bonds is 4. The molecule has 1 aromatic rings. The third-order valence-corrected chi connectivity index (χ3v) is 4.06. The first kappa shape index (κ1) is 14.1. The Labute approximate surface area is 124 Å². The van der Waals surface area contributed by atoms with Crippen LogP contribution < -0.4 is 16.0 Å². The smallest absolute Gasteiger partial charge is 0.241 e. The largest absolute Gasteiger partial charge is 0.352 e. The van der Waals surface area contributed by atoms with E-state index in [1.165, 1.54) is 0 Å². The van der Waals surface area contributed by atoms with Gasteiger partial charge in [-0.25, -0.2) is 0 Å². The van der Waals surface area contributed by atoms with Crippen molar-refractivity contribution in [3.05, 3.63) is 29.8 Å². The van der Waals surface area contributed by atoms with Gasteiger partial charge in [0, 0.05) is 11.7 Å². The van der Waals surface area contributed by atoms with E-state index in [9.17, 15) is 9.59 Å². The summed E-state index contributed by atoms with van der Waals surface area (Å²) in [5.41, 5.74) is 2.02. The molecule has 2 unspecified atom stereocenters. The van der Waals surface area contributed by atoms with Gasteiger partial charge in [-0.15, -0.1) is 0 Å². The zero-order valence-corrected chi connectivity index (χ0v) is 12.2. The Bertz CT molecular complexity index is 554. The first-order valence-electron chi connectivity index (χ1n) is 7.58. The van der Waals surface area contributed by atoms with Crippen LogP contribution in [0.15, 0.2) is 24.3 Å². The summed E-state index contributed by atoms with van der Waals surface area (Å²) in [6.45, 7) is 1.81. The highest BCUT2D eigenvalue weighted by molar-refractivity contribution is 5.96. The second-order valence-electron chi connectivity index (χ2n) is 5.91. The van der Waals surface area contributed by atoms with Crippen molar-refractivity contribution in [3.63, 3.8) is 0 Å². The number of para-hydroxylation sites is 1. The van der Waals surface area contributed by atoms with E-state index >= 15 is 0 Å². The number of benzene rings is 1. The van der Waals surface area contributed by atoms with Crippen molar-refractivity contribution in [3.8, 4) is 0 Å². The average Bonchev–Trinajstić information content (AvgIpc) is 3.28. The van der Waals surface area contributed by atoms with Crippen molar-refractivity contribution in [1.82, 2.24) is 10.6 Å². The molecular weight excluding hydrogens is 266 g/mol. The number of nitrogens with one attached hydrogen (secondary N) is 3.